The van der Waals surface area contributed by atoms with E-state index in [1.165, 1.54) is 13.1 Å². The Morgan fingerprint density at radius 1 is 1.04 bits per heavy atom. The number of benzene rings is 1. The molecule has 1 aromatic carbocycles. The van der Waals surface area contributed by atoms with E-state index in [1.807, 2.05) is 0 Å². The first-order chi connectivity index (χ1) is 12.8. The lowest BCUT2D eigenvalue weighted by Gasteiger charge is -2.10. The second kappa shape index (κ2) is 7.20. The van der Waals surface area contributed by atoms with Crippen molar-refractivity contribution in [3.05, 3.63) is 59.5 Å². The first-order valence-electron chi connectivity index (χ1n) is 8.15. The van der Waals surface area contributed by atoms with Gasteiger partial charge in [-0.3, -0.25) is 14.6 Å². The molecule has 0 atom stereocenters. The molecule has 0 unspecified atom stereocenters. The van der Waals surface area contributed by atoms with Gasteiger partial charge in [0.25, 0.3) is 10.0 Å². The third kappa shape index (κ3) is 4.14. The summed E-state index contributed by atoms with van der Waals surface area (Å²) in [7, 11) is -3.75. The molecule has 2 heterocycles. The molecule has 0 spiro atoms. The van der Waals surface area contributed by atoms with E-state index in [-0.39, 0.29) is 10.7 Å². The molecular weight excluding hydrogens is 366 g/mol. The molecule has 3 rings (SSSR count). The third-order valence-electron chi connectivity index (χ3n) is 3.91. The van der Waals surface area contributed by atoms with Crippen LogP contribution in [0.3, 0.4) is 0 Å². The molecule has 8 nitrogen and oxygen atoms in total. The van der Waals surface area contributed by atoms with Crippen LogP contribution in [0.2, 0.25) is 0 Å². The molecule has 3 aromatic rings. The first-order valence-corrected chi connectivity index (χ1v) is 9.63. The van der Waals surface area contributed by atoms with E-state index in [0.29, 0.717) is 28.5 Å². The second-order valence-electron chi connectivity index (χ2n) is 6.06. The highest BCUT2D eigenvalue weighted by molar-refractivity contribution is 7.92. The number of anilines is 3. The van der Waals surface area contributed by atoms with E-state index >= 15 is 0 Å². The van der Waals surface area contributed by atoms with Gasteiger partial charge in [0, 0.05) is 11.3 Å². The largest absolute Gasteiger partial charge is 0.340 e. The average molecular weight is 385 g/mol. The van der Waals surface area contributed by atoms with Crippen LogP contribution >= 0.6 is 0 Å². The maximum atomic E-state index is 12.5. The molecule has 0 fully saturated rings. The lowest BCUT2D eigenvalue weighted by molar-refractivity contribution is 0.101. The van der Waals surface area contributed by atoms with Crippen molar-refractivity contribution in [3.63, 3.8) is 0 Å². The smallest absolute Gasteiger partial charge is 0.265 e. The lowest BCUT2D eigenvalue weighted by Crippen LogP contribution is -2.14. The zero-order chi connectivity index (χ0) is 19.6. The van der Waals surface area contributed by atoms with Crippen LogP contribution in [0.1, 0.15) is 28.7 Å². The standard InChI is InChI=1S/C18H19N5O3S/c1-11-18(12(2)22-21-11)27(25,26)23-16-8-9-17(19-10-16)20-15-6-4-14(5-7-15)13(3)24/h4-10,23H,1-3H3,(H,19,20)(H,21,22). The maximum Gasteiger partial charge on any atom is 0.265 e. The number of hydrogen-bond acceptors (Lipinski definition) is 6. The van der Waals surface area contributed by atoms with Gasteiger partial charge in [-0.25, -0.2) is 13.4 Å². The predicted molar refractivity (Wildman–Crippen MR) is 103 cm³/mol. The summed E-state index contributed by atoms with van der Waals surface area (Å²) in [5, 5.41) is 9.66. The minimum atomic E-state index is -3.75. The number of pyridine rings is 1. The molecule has 140 valence electrons. The summed E-state index contributed by atoms with van der Waals surface area (Å²) in [6.07, 6.45) is 1.43. The Labute approximate surface area is 157 Å². The summed E-state index contributed by atoms with van der Waals surface area (Å²) in [5.41, 5.74) is 2.61. The third-order valence-corrected chi connectivity index (χ3v) is 5.55. The molecule has 0 amide bonds. The van der Waals surface area contributed by atoms with Crippen molar-refractivity contribution in [2.45, 2.75) is 25.7 Å². The van der Waals surface area contributed by atoms with E-state index in [0.717, 1.165) is 5.69 Å². The van der Waals surface area contributed by atoms with Gasteiger partial charge in [0.05, 0.1) is 23.3 Å². The van der Waals surface area contributed by atoms with Gasteiger partial charge in [-0.15, -0.1) is 0 Å². The highest BCUT2D eigenvalue weighted by Gasteiger charge is 2.22. The van der Waals surface area contributed by atoms with Crippen LogP contribution in [-0.4, -0.2) is 29.4 Å². The van der Waals surface area contributed by atoms with Crippen molar-refractivity contribution in [2.75, 3.05) is 10.0 Å². The van der Waals surface area contributed by atoms with Gasteiger partial charge in [-0.1, -0.05) is 0 Å². The first kappa shape index (κ1) is 18.6. The summed E-state index contributed by atoms with van der Waals surface area (Å²) in [6.45, 7) is 4.79. The van der Waals surface area contributed by atoms with Gasteiger partial charge in [-0.05, 0) is 57.2 Å². The number of aryl methyl sites for hydroxylation is 2. The van der Waals surface area contributed by atoms with Crippen LogP contribution in [0.25, 0.3) is 0 Å². The van der Waals surface area contributed by atoms with Gasteiger partial charge in [0.2, 0.25) is 0 Å². The van der Waals surface area contributed by atoms with Crippen molar-refractivity contribution in [3.8, 4) is 0 Å². The van der Waals surface area contributed by atoms with Gasteiger partial charge < -0.3 is 5.32 Å². The zero-order valence-electron chi connectivity index (χ0n) is 15.1. The fourth-order valence-corrected chi connectivity index (χ4v) is 4.02. The lowest BCUT2D eigenvalue weighted by atomic mass is 10.1. The number of rotatable bonds is 6. The van der Waals surface area contributed by atoms with Crippen molar-refractivity contribution >= 4 is 33.0 Å². The number of carbonyl (C=O) groups excluding carboxylic acids is 1. The number of nitrogens with one attached hydrogen (secondary N) is 3. The van der Waals surface area contributed by atoms with E-state index in [9.17, 15) is 13.2 Å². The number of nitrogens with zero attached hydrogens (tertiary/aromatic N) is 2. The number of aromatic amines is 1. The van der Waals surface area contributed by atoms with Gasteiger partial charge in [0.1, 0.15) is 10.7 Å². The van der Waals surface area contributed by atoms with Crippen molar-refractivity contribution < 1.29 is 13.2 Å². The number of hydrogen-bond donors (Lipinski definition) is 3. The molecule has 0 bridgehead atoms. The number of ketones is 1. The number of Topliss-reactive ketones (excluding diaryl/α,β-unsaturated/α-hetero) is 1. The number of aromatic nitrogens is 3. The van der Waals surface area contributed by atoms with Gasteiger partial charge >= 0.3 is 0 Å². The summed E-state index contributed by atoms with van der Waals surface area (Å²) in [5.74, 6) is 0.545. The summed E-state index contributed by atoms with van der Waals surface area (Å²) in [4.78, 5) is 15.6. The summed E-state index contributed by atoms with van der Waals surface area (Å²) in [6, 6.07) is 10.3. The van der Waals surface area contributed by atoms with E-state index < -0.39 is 10.0 Å². The van der Waals surface area contributed by atoms with Crippen LogP contribution in [-0.2, 0) is 10.0 Å². The molecule has 3 N–H and O–H groups in total. The minimum absolute atomic E-state index is 0.000549. The predicted octanol–water partition coefficient (Wildman–Crippen LogP) is 3.17. The molecular formula is C18H19N5O3S. The van der Waals surface area contributed by atoms with Crippen LogP contribution in [0.15, 0.2) is 47.5 Å². The molecule has 0 radical (unpaired) electrons. The Balaban J connectivity index is 1.73. The Bertz CT molecular complexity index is 1050. The van der Waals surface area contributed by atoms with E-state index in [2.05, 4.69) is 25.2 Å². The molecule has 0 aliphatic rings. The Morgan fingerprint density at radius 3 is 2.22 bits per heavy atom. The highest BCUT2D eigenvalue weighted by atomic mass is 32.2. The second-order valence-corrected chi connectivity index (χ2v) is 7.68. The highest BCUT2D eigenvalue weighted by Crippen LogP contribution is 2.22. The Hall–Kier alpha value is -3.20. The minimum Gasteiger partial charge on any atom is -0.340 e. The molecule has 9 heteroatoms. The van der Waals surface area contributed by atoms with Gasteiger partial charge in [0.15, 0.2) is 5.78 Å². The Morgan fingerprint density at radius 2 is 1.70 bits per heavy atom. The van der Waals surface area contributed by atoms with Crippen LogP contribution in [0, 0.1) is 13.8 Å². The van der Waals surface area contributed by atoms with Crippen molar-refractivity contribution in [1.29, 1.82) is 0 Å². The summed E-state index contributed by atoms with van der Waals surface area (Å²) < 4.78 is 27.5. The van der Waals surface area contributed by atoms with Crippen LogP contribution in [0.4, 0.5) is 17.2 Å². The normalized spacial score (nSPS) is 11.2. The molecule has 27 heavy (non-hydrogen) atoms. The zero-order valence-corrected chi connectivity index (χ0v) is 15.9. The van der Waals surface area contributed by atoms with Crippen molar-refractivity contribution in [2.24, 2.45) is 0 Å². The number of H-pyrrole nitrogens is 1. The maximum absolute atomic E-state index is 12.5. The van der Waals surface area contributed by atoms with E-state index in [1.54, 1.807) is 50.2 Å². The van der Waals surface area contributed by atoms with Crippen LogP contribution < -0.4 is 10.0 Å². The molecule has 0 aliphatic heterocycles. The monoisotopic (exact) mass is 385 g/mol. The topological polar surface area (TPSA) is 117 Å². The van der Waals surface area contributed by atoms with Crippen LogP contribution in [0.5, 0.6) is 0 Å². The fourth-order valence-electron chi connectivity index (χ4n) is 2.61. The number of carbonyl (C=O) groups is 1. The molecule has 0 aliphatic carbocycles. The SMILES string of the molecule is CC(=O)c1ccc(Nc2ccc(NS(=O)(=O)c3c(C)n[nH]c3C)cn2)cc1. The van der Waals surface area contributed by atoms with E-state index in [4.69, 9.17) is 0 Å². The molecule has 2 aromatic heterocycles. The quantitative estimate of drug-likeness (QED) is 0.561. The fraction of sp³-hybridized carbons (Fsp3) is 0.167. The molecule has 0 saturated carbocycles. The summed E-state index contributed by atoms with van der Waals surface area (Å²) >= 11 is 0. The Kier molecular flexibility index (Phi) is 4.95. The molecule has 0 saturated heterocycles. The van der Waals surface area contributed by atoms with Gasteiger partial charge in [-0.2, -0.15) is 5.10 Å². The average Bonchev–Trinajstić information content (AvgIpc) is 2.96. The van der Waals surface area contributed by atoms with Crippen molar-refractivity contribution in [1.82, 2.24) is 15.2 Å². The number of sulfonamides is 1.